The van der Waals surface area contributed by atoms with Crippen molar-refractivity contribution in [1.29, 1.82) is 0 Å². The quantitative estimate of drug-likeness (QED) is 0.641. The lowest BCUT2D eigenvalue weighted by Crippen LogP contribution is -2.29. The van der Waals surface area contributed by atoms with Crippen molar-refractivity contribution in [3.05, 3.63) is 53.3 Å². The average Bonchev–Trinajstić information content (AvgIpc) is 2.91. The van der Waals surface area contributed by atoms with Gasteiger partial charge in [0.05, 0.1) is 9.49 Å². The second-order valence-corrected chi connectivity index (χ2v) is 7.17. The summed E-state index contributed by atoms with van der Waals surface area (Å²) < 4.78 is 6.57. The Balaban J connectivity index is 1.84. The second kappa shape index (κ2) is 2.81. The smallest absolute Gasteiger partial charge is 0.130 e. The predicted octanol–water partition coefficient (Wildman–Crippen LogP) is 3.71. The molecule has 4 rings (SSSR count). The molecule has 0 aromatic heterocycles. The summed E-state index contributed by atoms with van der Waals surface area (Å²) in [6.07, 6.45) is 5.49. The van der Waals surface area contributed by atoms with E-state index < -0.39 is 0 Å². The minimum atomic E-state index is 0.255. The lowest BCUT2D eigenvalue weighted by molar-refractivity contribution is 0.405. The molecule has 2 heteroatoms. The van der Waals surface area contributed by atoms with E-state index in [1.54, 1.807) is 0 Å². The fourth-order valence-electron chi connectivity index (χ4n) is 2.93. The maximum Gasteiger partial charge on any atom is 0.130 e. The number of thioether (sulfide) groups is 1. The monoisotopic (exact) mass is 242 g/mol. The van der Waals surface area contributed by atoms with Gasteiger partial charge in [-0.3, -0.25) is 0 Å². The topological polar surface area (TPSA) is 9.23 Å². The summed E-state index contributed by atoms with van der Waals surface area (Å²) in [5.74, 6) is 2.10. The molecule has 1 aliphatic carbocycles. The number of para-hydroxylation sites is 1. The number of ether oxygens (including phenoxy) is 1. The van der Waals surface area contributed by atoms with E-state index >= 15 is 0 Å². The molecule has 86 valence electrons. The molecule has 0 bridgehead atoms. The molecule has 1 saturated heterocycles. The van der Waals surface area contributed by atoms with Crippen LogP contribution in [0.3, 0.4) is 0 Å². The first-order chi connectivity index (χ1) is 8.12. The Morgan fingerprint density at radius 3 is 2.94 bits per heavy atom. The van der Waals surface area contributed by atoms with Gasteiger partial charge in [-0.1, -0.05) is 24.3 Å². The van der Waals surface area contributed by atoms with Crippen molar-refractivity contribution in [1.82, 2.24) is 0 Å². The number of hydrogen-bond donors (Lipinski definition) is 0. The molecular formula is C15H14OS. The fourth-order valence-corrected chi connectivity index (χ4v) is 4.35. The van der Waals surface area contributed by atoms with Crippen LogP contribution in [0.5, 0.6) is 5.75 Å². The highest BCUT2D eigenvalue weighted by atomic mass is 32.2. The molecule has 0 radical (unpaired) electrons. The standard InChI is InChI=1S/C15H14OS/c1-14-8-7-13-11(15(14,2)17-14)9-10-5-3-4-6-12(10)16-13/h3-8H,9H2,1-2H3. The highest BCUT2D eigenvalue weighted by Crippen LogP contribution is 2.70. The summed E-state index contributed by atoms with van der Waals surface area (Å²) >= 11 is 2.04. The number of hydrogen-bond acceptors (Lipinski definition) is 2. The van der Waals surface area contributed by atoms with E-state index in [9.17, 15) is 0 Å². The Bertz CT molecular complexity index is 586. The van der Waals surface area contributed by atoms with Gasteiger partial charge in [0.1, 0.15) is 11.5 Å². The summed E-state index contributed by atoms with van der Waals surface area (Å²) in [5.41, 5.74) is 2.78. The number of fused-ring (bicyclic) bond motifs is 3. The molecule has 1 aromatic rings. The third-order valence-corrected chi connectivity index (χ3v) is 6.15. The van der Waals surface area contributed by atoms with Gasteiger partial charge >= 0.3 is 0 Å². The van der Waals surface area contributed by atoms with Crippen LogP contribution in [0, 0.1) is 0 Å². The van der Waals surface area contributed by atoms with E-state index in [2.05, 4.69) is 44.2 Å². The molecule has 0 saturated carbocycles. The summed E-state index contributed by atoms with van der Waals surface area (Å²) in [4.78, 5) is 0. The Labute approximate surface area is 106 Å². The van der Waals surface area contributed by atoms with E-state index in [0.29, 0.717) is 4.75 Å². The van der Waals surface area contributed by atoms with Crippen LogP contribution in [0.2, 0.25) is 0 Å². The SMILES string of the molecule is CC12C=CC3=C(Cc4ccccc4O3)C1(C)S2. The number of rotatable bonds is 0. The van der Waals surface area contributed by atoms with Crippen molar-refractivity contribution in [2.24, 2.45) is 0 Å². The van der Waals surface area contributed by atoms with E-state index in [1.165, 1.54) is 11.1 Å². The zero-order valence-electron chi connectivity index (χ0n) is 9.99. The average molecular weight is 242 g/mol. The highest BCUT2D eigenvalue weighted by Gasteiger charge is 2.65. The van der Waals surface area contributed by atoms with Crippen LogP contribution < -0.4 is 4.74 Å². The van der Waals surface area contributed by atoms with Crippen molar-refractivity contribution in [2.75, 3.05) is 0 Å². The first-order valence-electron chi connectivity index (χ1n) is 6.01. The fraction of sp³-hybridized carbons (Fsp3) is 0.333. The Morgan fingerprint density at radius 1 is 1.24 bits per heavy atom. The van der Waals surface area contributed by atoms with E-state index in [-0.39, 0.29) is 4.75 Å². The van der Waals surface area contributed by atoms with Gasteiger partial charge in [0.15, 0.2) is 0 Å². The van der Waals surface area contributed by atoms with Crippen molar-refractivity contribution in [3.8, 4) is 5.75 Å². The third kappa shape index (κ3) is 1.12. The van der Waals surface area contributed by atoms with Crippen molar-refractivity contribution in [3.63, 3.8) is 0 Å². The second-order valence-electron chi connectivity index (χ2n) is 5.31. The summed E-state index contributed by atoms with van der Waals surface area (Å²) in [6, 6.07) is 8.36. The molecule has 2 aliphatic heterocycles. The van der Waals surface area contributed by atoms with Gasteiger partial charge in [0.25, 0.3) is 0 Å². The molecule has 2 atom stereocenters. The molecular weight excluding hydrogens is 228 g/mol. The minimum absolute atomic E-state index is 0.255. The zero-order valence-corrected chi connectivity index (χ0v) is 10.8. The molecule has 17 heavy (non-hydrogen) atoms. The van der Waals surface area contributed by atoms with Crippen LogP contribution >= 0.6 is 11.8 Å². The van der Waals surface area contributed by atoms with Crippen LogP contribution in [0.4, 0.5) is 0 Å². The van der Waals surface area contributed by atoms with Crippen molar-refractivity contribution >= 4 is 11.8 Å². The molecule has 3 aliphatic rings. The molecule has 0 amide bonds. The van der Waals surface area contributed by atoms with Crippen LogP contribution in [0.15, 0.2) is 47.7 Å². The van der Waals surface area contributed by atoms with E-state index in [4.69, 9.17) is 4.74 Å². The van der Waals surface area contributed by atoms with Crippen LogP contribution in [-0.4, -0.2) is 9.49 Å². The van der Waals surface area contributed by atoms with Gasteiger partial charge in [-0.25, -0.2) is 0 Å². The Morgan fingerprint density at radius 2 is 2.06 bits per heavy atom. The number of benzene rings is 1. The predicted molar refractivity (Wildman–Crippen MR) is 71.3 cm³/mol. The first kappa shape index (κ1) is 9.84. The van der Waals surface area contributed by atoms with Crippen LogP contribution in [0.25, 0.3) is 0 Å². The number of allylic oxidation sites excluding steroid dienone is 1. The lowest BCUT2D eigenvalue weighted by atomic mass is 9.80. The molecule has 1 fully saturated rings. The van der Waals surface area contributed by atoms with E-state index in [0.717, 1.165) is 17.9 Å². The molecule has 1 nitrogen and oxygen atoms in total. The molecule has 0 spiro atoms. The summed E-state index contributed by atoms with van der Waals surface area (Å²) in [7, 11) is 0. The first-order valence-corrected chi connectivity index (χ1v) is 6.83. The molecule has 2 heterocycles. The maximum atomic E-state index is 6.02. The van der Waals surface area contributed by atoms with E-state index in [1.807, 2.05) is 17.8 Å². The van der Waals surface area contributed by atoms with Gasteiger partial charge in [-0.15, -0.1) is 11.8 Å². The van der Waals surface area contributed by atoms with Crippen molar-refractivity contribution in [2.45, 2.75) is 29.8 Å². The third-order valence-electron chi connectivity index (χ3n) is 4.31. The largest absolute Gasteiger partial charge is 0.457 e. The van der Waals surface area contributed by atoms with Crippen molar-refractivity contribution < 1.29 is 4.74 Å². The minimum Gasteiger partial charge on any atom is -0.457 e. The highest BCUT2D eigenvalue weighted by molar-refractivity contribution is 8.10. The Kier molecular flexibility index (Phi) is 1.62. The summed E-state index contributed by atoms with van der Waals surface area (Å²) in [5, 5.41) is 0. The normalized spacial score (nSPS) is 36.8. The molecule has 2 unspecified atom stereocenters. The van der Waals surface area contributed by atoms with Gasteiger partial charge in [0.2, 0.25) is 0 Å². The van der Waals surface area contributed by atoms with Gasteiger partial charge in [0, 0.05) is 6.42 Å². The summed E-state index contributed by atoms with van der Waals surface area (Å²) in [6.45, 7) is 4.66. The van der Waals surface area contributed by atoms with Gasteiger partial charge in [-0.2, -0.15) is 0 Å². The lowest BCUT2D eigenvalue weighted by Gasteiger charge is -2.29. The Hall–Kier alpha value is -1.15. The molecule has 0 N–H and O–H groups in total. The van der Waals surface area contributed by atoms with Crippen LogP contribution in [0.1, 0.15) is 19.4 Å². The molecule has 1 aromatic carbocycles. The van der Waals surface area contributed by atoms with Gasteiger partial charge in [-0.05, 0) is 37.1 Å². The zero-order chi connectivity index (χ0) is 11.7. The maximum absolute atomic E-state index is 6.02. The van der Waals surface area contributed by atoms with Crippen LogP contribution in [-0.2, 0) is 6.42 Å². The van der Waals surface area contributed by atoms with Gasteiger partial charge < -0.3 is 4.74 Å².